The molecule has 0 radical (unpaired) electrons. The van der Waals surface area contributed by atoms with Gasteiger partial charge in [-0.1, -0.05) is 23.7 Å². The zero-order chi connectivity index (χ0) is 16.1. The molecule has 0 saturated carbocycles. The number of morpholine rings is 1. The van der Waals surface area contributed by atoms with Crippen LogP contribution in [0, 0.1) is 0 Å². The van der Waals surface area contributed by atoms with Crippen molar-refractivity contribution >= 4 is 23.2 Å². The fourth-order valence-electron chi connectivity index (χ4n) is 2.57. The number of hydrogen-bond donors (Lipinski definition) is 1. The van der Waals surface area contributed by atoms with Gasteiger partial charge >= 0.3 is 0 Å². The first-order valence-electron chi connectivity index (χ1n) is 7.50. The van der Waals surface area contributed by atoms with Crippen LogP contribution >= 0.6 is 11.6 Å². The molecule has 1 aliphatic heterocycles. The quantitative estimate of drug-likeness (QED) is 0.936. The van der Waals surface area contributed by atoms with Crippen LogP contribution in [-0.2, 0) is 9.53 Å². The Kier molecular flexibility index (Phi) is 5.23. The number of amides is 1. The average molecular weight is 332 g/mol. The van der Waals surface area contributed by atoms with Gasteiger partial charge in [-0.15, -0.1) is 0 Å². The second kappa shape index (κ2) is 7.55. The number of rotatable bonds is 4. The lowest BCUT2D eigenvalue weighted by Gasteiger charge is -2.32. The Morgan fingerprint density at radius 2 is 2.17 bits per heavy atom. The highest BCUT2D eigenvalue weighted by molar-refractivity contribution is 6.30. The number of carbonyl (C=O) groups excluding carboxylic acids is 1. The van der Waals surface area contributed by atoms with Crippen molar-refractivity contribution in [2.75, 3.05) is 31.6 Å². The molecule has 1 amide bonds. The highest BCUT2D eigenvalue weighted by Gasteiger charge is 2.23. The Bertz CT molecular complexity index is 649. The zero-order valence-corrected chi connectivity index (χ0v) is 13.4. The van der Waals surface area contributed by atoms with Crippen LogP contribution < -0.4 is 5.32 Å². The van der Waals surface area contributed by atoms with Crippen LogP contribution in [0.15, 0.2) is 48.8 Å². The Hall–Kier alpha value is -1.95. The first-order valence-corrected chi connectivity index (χ1v) is 7.88. The lowest BCUT2D eigenvalue weighted by atomic mass is 10.1. The molecule has 0 bridgehead atoms. The molecule has 1 N–H and O–H groups in total. The van der Waals surface area contributed by atoms with Gasteiger partial charge in [0.05, 0.1) is 31.1 Å². The molecule has 120 valence electrons. The molecule has 6 heteroatoms. The van der Waals surface area contributed by atoms with Gasteiger partial charge in [0.25, 0.3) is 0 Å². The van der Waals surface area contributed by atoms with Gasteiger partial charge in [-0.25, -0.2) is 0 Å². The van der Waals surface area contributed by atoms with Crippen LogP contribution in [0.3, 0.4) is 0 Å². The van der Waals surface area contributed by atoms with Crippen LogP contribution in [0.5, 0.6) is 0 Å². The lowest BCUT2D eigenvalue weighted by molar-refractivity contribution is -0.119. The number of ether oxygens (including phenoxy) is 1. The van der Waals surface area contributed by atoms with E-state index in [1.165, 1.54) is 0 Å². The maximum absolute atomic E-state index is 12.1. The maximum atomic E-state index is 12.1. The molecule has 2 aromatic rings. The van der Waals surface area contributed by atoms with Gasteiger partial charge in [-0.3, -0.25) is 14.7 Å². The molecule has 23 heavy (non-hydrogen) atoms. The maximum Gasteiger partial charge on any atom is 0.238 e. The van der Waals surface area contributed by atoms with Crippen molar-refractivity contribution in [3.8, 4) is 0 Å². The second-order valence-electron chi connectivity index (χ2n) is 5.44. The van der Waals surface area contributed by atoms with Crippen LogP contribution in [-0.4, -0.2) is 42.0 Å². The van der Waals surface area contributed by atoms with E-state index in [9.17, 15) is 4.79 Å². The molecule has 1 aromatic heterocycles. The lowest BCUT2D eigenvalue weighted by Crippen LogP contribution is -2.42. The molecule has 1 atom stereocenters. The molecule has 1 aliphatic rings. The van der Waals surface area contributed by atoms with Gasteiger partial charge in [-0.2, -0.15) is 0 Å². The molecule has 2 heterocycles. The summed E-state index contributed by atoms with van der Waals surface area (Å²) >= 11 is 5.92. The van der Waals surface area contributed by atoms with Crippen molar-refractivity contribution in [3.63, 3.8) is 0 Å². The second-order valence-corrected chi connectivity index (χ2v) is 5.87. The van der Waals surface area contributed by atoms with Crippen LogP contribution in [0.25, 0.3) is 0 Å². The summed E-state index contributed by atoms with van der Waals surface area (Å²) in [6.45, 7) is 2.36. The van der Waals surface area contributed by atoms with E-state index in [0.717, 1.165) is 12.1 Å². The predicted molar refractivity (Wildman–Crippen MR) is 89.5 cm³/mol. The van der Waals surface area contributed by atoms with Crippen molar-refractivity contribution in [2.24, 2.45) is 0 Å². The fraction of sp³-hybridized carbons (Fsp3) is 0.294. The first-order chi connectivity index (χ1) is 11.2. The topological polar surface area (TPSA) is 54.5 Å². The van der Waals surface area contributed by atoms with E-state index in [1.54, 1.807) is 18.5 Å². The first kappa shape index (κ1) is 15.9. The predicted octanol–water partition coefficient (Wildman–Crippen LogP) is 2.75. The number of aromatic nitrogens is 1. The minimum Gasteiger partial charge on any atom is -0.371 e. The molecule has 1 saturated heterocycles. The third kappa shape index (κ3) is 4.51. The van der Waals surface area contributed by atoms with E-state index >= 15 is 0 Å². The monoisotopic (exact) mass is 331 g/mol. The summed E-state index contributed by atoms with van der Waals surface area (Å²) < 4.78 is 5.81. The van der Waals surface area contributed by atoms with Gasteiger partial charge in [0.2, 0.25) is 5.91 Å². The van der Waals surface area contributed by atoms with Gasteiger partial charge in [0.15, 0.2) is 0 Å². The molecule has 5 nitrogen and oxygen atoms in total. The zero-order valence-electron chi connectivity index (χ0n) is 12.6. The fourth-order valence-corrected chi connectivity index (χ4v) is 2.69. The number of anilines is 1. The third-order valence-corrected chi connectivity index (χ3v) is 3.96. The van der Waals surface area contributed by atoms with Crippen LogP contribution in [0.1, 0.15) is 11.7 Å². The highest BCUT2D eigenvalue weighted by Crippen LogP contribution is 2.23. The molecule has 3 rings (SSSR count). The van der Waals surface area contributed by atoms with E-state index in [4.69, 9.17) is 16.3 Å². The Morgan fingerprint density at radius 1 is 1.35 bits per heavy atom. The molecule has 0 spiro atoms. The van der Waals surface area contributed by atoms with Crippen LogP contribution in [0.2, 0.25) is 5.02 Å². The van der Waals surface area contributed by atoms with Crippen LogP contribution in [0.4, 0.5) is 5.69 Å². The van der Waals surface area contributed by atoms with Gasteiger partial charge in [0, 0.05) is 24.3 Å². The highest BCUT2D eigenvalue weighted by atomic mass is 35.5. The molecule has 1 fully saturated rings. The molecule has 1 aromatic carbocycles. The molecule has 1 unspecified atom stereocenters. The molecule has 0 aliphatic carbocycles. The van der Waals surface area contributed by atoms with Crippen molar-refractivity contribution < 1.29 is 9.53 Å². The summed E-state index contributed by atoms with van der Waals surface area (Å²) in [4.78, 5) is 18.2. The number of pyridine rings is 1. The van der Waals surface area contributed by atoms with E-state index in [2.05, 4.69) is 15.2 Å². The Balaban J connectivity index is 1.56. The number of nitrogens with one attached hydrogen (secondary N) is 1. The summed E-state index contributed by atoms with van der Waals surface area (Å²) in [5, 5.41) is 3.56. The largest absolute Gasteiger partial charge is 0.371 e. The Labute approximate surface area is 140 Å². The summed E-state index contributed by atoms with van der Waals surface area (Å²) in [5.74, 6) is -0.0465. The van der Waals surface area contributed by atoms with Gasteiger partial charge < -0.3 is 10.1 Å². The van der Waals surface area contributed by atoms with Gasteiger partial charge in [-0.05, 0) is 29.8 Å². The smallest absolute Gasteiger partial charge is 0.238 e. The Morgan fingerprint density at radius 3 is 2.91 bits per heavy atom. The van der Waals surface area contributed by atoms with E-state index in [1.807, 2.05) is 30.3 Å². The van der Waals surface area contributed by atoms with E-state index in [0.29, 0.717) is 30.4 Å². The number of hydrogen-bond acceptors (Lipinski definition) is 4. The third-order valence-electron chi connectivity index (χ3n) is 3.70. The molecular weight excluding hydrogens is 314 g/mol. The van der Waals surface area contributed by atoms with E-state index < -0.39 is 0 Å². The van der Waals surface area contributed by atoms with Crippen molar-refractivity contribution in [3.05, 3.63) is 59.4 Å². The molecular formula is C17H18ClN3O2. The number of nitrogens with zero attached hydrogens (tertiary/aromatic N) is 2. The minimum atomic E-state index is -0.0465. The average Bonchev–Trinajstić information content (AvgIpc) is 2.56. The minimum absolute atomic E-state index is 0.0350. The van der Waals surface area contributed by atoms with Gasteiger partial charge in [0.1, 0.15) is 0 Å². The van der Waals surface area contributed by atoms with Crippen molar-refractivity contribution in [1.29, 1.82) is 0 Å². The number of benzene rings is 1. The number of carbonyl (C=O) groups is 1. The normalized spacial score (nSPS) is 18.6. The standard InChI is InChI=1S/C17H18ClN3O2/c18-14-5-3-13(4-6-14)16-11-21(8-9-23-16)12-17(22)20-15-2-1-7-19-10-15/h1-7,10,16H,8-9,11-12H2,(H,20,22). The summed E-state index contributed by atoms with van der Waals surface area (Å²) in [7, 11) is 0. The van der Waals surface area contributed by atoms with E-state index in [-0.39, 0.29) is 12.0 Å². The van der Waals surface area contributed by atoms with Crippen molar-refractivity contribution in [2.45, 2.75) is 6.10 Å². The summed E-state index contributed by atoms with van der Waals surface area (Å²) in [6.07, 6.45) is 3.27. The van der Waals surface area contributed by atoms with Crippen molar-refractivity contribution in [1.82, 2.24) is 9.88 Å². The SMILES string of the molecule is O=C(CN1CCOC(c2ccc(Cl)cc2)C1)Nc1cccnc1. The number of halogens is 1. The summed E-state index contributed by atoms with van der Waals surface area (Å²) in [6, 6.07) is 11.3. The summed E-state index contributed by atoms with van der Waals surface area (Å²) in [5.41, 5.74) is 1.78.